The number of amides is 1. The molecule has 22 heavy (non-hydrogen) atoms. The molecular formula is C18H19NO3. The molecule has 2 heterocycles. The molecule has 2 aliphatic heterocycles. The number of carbonyl (C=O) groups excluding carboxylic acids is 1. The Labute approximate surface area is 129 Å². The first-order chi connectivity index (χ1) is 10.7. The lowest BCUT2D eigenvalue weighted by molar-refractivity contribution is -0.119. The lowest BCUT2D eigenvalue weighted by Gasteiger charge is -2.43. The molecule has 0 radical (unpaired) electrons. The zero-order chi connectivity index (χ0) is 15.3. The molecule has 1 amide bonds. The third-order valence-electron chi connectivity index (χ3n) is 5.15. The second kappa shape index (κ2) is 4.71. The highest BCUT2D eigenvalue weighted by Gasteiger charge is 2.55. The van der Waals surface area contributed by atoms with Gasteiger partial charge in [-0.2, -0.15) is 0 Å². The van der Waals surface area contributed by atoms with Crippen molar-refractivity contribution in [1.29, 1.82) is 0 Å². The maximum absolute atomic E-state index is 12.6. The molecule has 0 aromatic heterocycles. The Hall–Kier alpha value is -2.07. The number of hydrogen-bond acceptors (Lipinski definition) is 3. The lowest BCUT2D eigenvalue weighted by atomic mass is 9.67. The largest absolute Gasteiger partial charge is 0.497 e. The van der Waals surface area contributed by atoms with Crippen LogP contribution < -0.4 is 4.90 Å². The number of ether oxygens (including phenoxy) is 1. The Morgan fingerprint density at radius 1 is 1.36 bits per heavy atom. The zero-order valence-corrected chi connectivity index (χ0v) is 12.6. The van der Waals surface area contributed by atoms with E-state index in [0.717, 1.165) is 23.4 Å². The minimum Gasteiger partial charge on any atom is -0.497 e. The molecule has 1 fully saturated rings. The quantitative estimate of drug-likeness (QED) is 0.931. The highest BCUT2D eigenvalue weighted by Crippen LogP contribution is 2.55. The summed E-state index contributed by atoms with van der Waals surface area (Å²) in [7, 11) is 1.67. The minimum absolute atomic E-state index is 0.0165. The number of nitrogens with zero attached hydrogens (tertiary/aromatic N) is 1. The molecule has 2 unspecified atom stereocenters. The van der Waals surface area contributed by atoms with Gasteiger partial charge in [0.25, 0.3) is 0 Å². The van der Waals surface area contributed by atoms with E-state index in [1.54, 1.807) is 7.11 Å². The molecule has 1 N–H and O–H groups in total. The highest BCUT2D eigenvalue weighted by molar-refractivity contribution is 6.00. The summed E-state index contributed by atoms with van der Waals surface area (Å²) in [4.78, 5) is 14.5. The molecule has 1 aliphatic carbocycles. The number of piperidine rings is 1. The summed E-state index contributed by atoms with van der Waals surface area (Å²) in [6, 6.07) is 8.03. The van der Waals surface area contributed by atoms with E-state index in [9.17, 15) is 9.90 Å². The summed E-state index contributed by atoms with van der Waals surface area (Å²) in [6.45, 7) is 0.0770. The maximum atomic E-state index is 12.6. The van der Waals surface area contributed by atoms with Gasteiger partial charge >= 0.3 is 0 Å². The van der Waals surface area contributed by atoms with E-state index in [1.807, 2.05) is 23.1 Å². The van der Waals surface area contributed by atoms with Crippen molar-refractivity contribution in [3.8, 4) is 0 Å². The van der Waals surface area contributed by atoms with Crippen LogP contribution in [0.4, 0.5) is 5.69 Å². The number of carbonyl (C=O) groups is 1. The van der Waals surface area contributed by atoms with E-state index in [0.29, 0.717) is 12.8 Å². The van der Waals surface area contributed by atoms with E-state index in [4.69, 9.17) is 4.74 Å². The van der Waals surface area contributed by atoms with Crippen LogP contribution in [0.3, 0.4) is 0 Å². The van der Waals surface area contributed by atoms with Gasteiger partial charge in [0, 0.05) is 24.1 Å². The summed E-state index contributed by atoms with van der Waals surface area (Å²) in [5, 5.41) is 9.68. The topological polar surface area (TPSA) is 49.8 Å². The fraction of sp³-hybridized carbons (Fsp3) is 0.389. The third kappa shape index (κ3) is 1.59. The van der Waals surface area contributed by atoms with Crippen LogP contribution in [0.5, 0.6) is 0 Å². The van der Waals surface area contributed by atoms with E-state index in [1.165, 1.54) is 5.57 Å². The Morgan fingerprint density at radius 3 is 2.95 bits per heavy atom. The molecule has 1 aromatic rings. The normalized spacial score (nSPS) is 28.7. The number of para-hydroxylation sites is 1. The van der Waals surface area contributed by atoms with Gasteiger partial charge < -0.3 is 14.7 Å². The first kappa shape index (κ1) is 13.6. The fourth-order valence-corrected chi connectivity index (χ4v) is 4.31. The van der Waals surface area contributed by atoms with Gasteiger partial charge in [-0.15, -0.1) is 0 Å². The van der Waals surface area contributed by atoms with Gasteiger partial charge in [0.05, 0.1) is 13.2 Å². The number of allylic oxidation sites excluding steroid dienone is 1. The highest BCUT2D eigenvalue weighted by atomic mass is 16.5. The first-order valence-corrected chi connectivity index (χ1v) is 7.71. The second-order valence-corrected chi connectivity index (χ2v) is 6.17. The molecule has 1 aromatic carbocycles. The molecule has 0 spiro atoms. The van der Waals surface area contributed by atoms with Gasteiger partial charge in [0.15, 0.2) is 0 Å². The van der Waals surface area contributed by atoms with E-state index < -0.39 is 0 Å². The van der Waals surface area contributed by atoms with Gasteiger partial charge in [-0.3, -0.25) is 4.79 Å². The van der Waals surface area contributed by atoms with Crippen molar-refractivity contribution in [1.82, 2.24) is 0 Å². The maximum Gasteiger partial charge on any atom is 0.227 e. The lowest BCUT2D eigenvalue weighted by Crippen LogP contribution is -2.52. The number of aliphatic hydroxyl groups is 1. The number of methoxy groups -OCH3 is 1. The molecule has 4 heteroatoms. The third-order valence-corrected chi connectivity index (χ3v) is 5.15. The average molecular weight is 297 g/mol. The van der Waals surface area contributed by atoms with E-state index in [2.05, 4.69) is 18.2 Å². The number of rotatable bonds is 3. The predicted octanol–water partition coefficient (Wildman–Crippen LogP) is 2.29. The molecular weight excluding hydrogens is 278 g/mol. The Balaban J connectivity index is 2.00. The van der Waals surface area contributed by atoms with Crippen LogP contribution in [0.1, 0.15) is 24.8 Å². The van der Waals surface area contributed by atoms with Crippen LogP contribution in [0.15, 0.2) is 47.7 Å². The minimum atomic E-state index is -0.378. The van der Waals surface area contributed by atoms with Crippen LogP contribution in [0.2, 0.25) is 0 Å². The van der Waals surface area contributed by atoms with Crippen LogP contribution in [-0.4, -0.2) is 30.8 Å². The number of benzene rings is 1. The first-order valence-electron chi connectivity index (χ1n) is 7.71. The van der Waals surface area contributed by atoms with Crippen LogP contribution in [0, 0.1) is 0 Å². The smallest absolute Gasteiger partial charge is 0.227 e. The van der Waals surface area contributed by atoms with E-state index in [-0.39, 0.29) is 24.0 Å². The monoisotopic (exact) mass is 297 g/mol. The summed E-state index contributed by atoms with van der Waals surface area (Å²) < 4.78 is 5.50. The number of hydrogen-bond donors (Lipinski definition) is 1. The van der Waals surface area contributed by atoms with E-state index >= 15 is 0 Å². The molecule has 114 valence electrons. The standard InChI is InChI=1S/C18H19NO3/c1-22-13-10-12-6-7-16(21)19-15-5-3-2-4-14(15)18(11-13,8-9-20)17(12)19/h2-5,10-11,17,20H,6-9H2,1H3. The average Bonchev–Trinajstić information content (AvgIpc) is 2.83. The van der Waals surface area contributed by atoms with Gasteiger partial charge in [-0.05, 0) is 42.2 Å². The van der Waals surface area contributed by atoms with Crippen molar-refractivity contribution in [2.45, 2.75) is 30.7 Å². The van der Waals surface area contributed by atoms with Crippen LogP contribution >= 0.6 is 0 Å². The second-order valence-electron chi connectivity index (χ2n) is 6.17. The van der Waals surface area contributed by atoms with Crippen molar-refractivity contribution in [2.24, 2.45) is 0 Å². The Morgan fingerprint density at radius 2 is 2.18 bits per heavy atom. The van der Waals surface area contributed by atoms with Gasteiger partial charge in [-0.1, -0.05) is 18.2 Å². The predicted molar refractivity (Wildman–Crippen MR) is 83.5 cm³/mol. The number of aliphatic hydroxyl groups excluding tert-OH is 1. The van der Waals surface area contributed by atoms with Crippen LogP contribution in [0.25, 0.3) is 0 Å². The molecule has 1 saturated heterocycles. The van der Waals surface area contributed by atoms with Crippen molar-refractivity contribution in [2.75, 3.05) is 18.6 Å². The summed E-state index contributed by atoms with van der Waals surface area (Å²) in [5.74, 6) is 0.995. The van der Waals surface area contributed by atoms with Crippen molar-refractivity contribution in [3.63, 3.8) is 0 Å². The summed E-state index contributed by atoms with van der Waals surface area (Å²) >= 11 is 0. The van der Waals surface area contributed by atoms with Crippen LogP contribution in [-0.2, 0) is 14.9 Å². The Kier molecular flexibility index (Phi) is 2.91. The molecule has 0 bridgehead atoms. The Bertz CT molecular complexity index is 706. The molecule has 4 rings (SSSR count). The van der Waals surface area contributed by atoms with Crippen molar-refractivity contribution in [3.05, 3.63) is 53.3 Å². The van der Waals surface area contributed by atoms with Crippen molar-refractivity contribution < 1.29 is 14.6 Å². The summed E-state index contributed by atoms with van der Waals surface area (Å²) in [6.07, 6.45) is 6.04. The molecule has 2 atom stereocenters. The summed E-state index contributed by atoms with van der Waals surface area (Å²) in [5.41, 5.74) is 2.94. The molecule has 3 aliphatic rings. The number of anilines is 1. The fourth-order valence-electron chi connectivity index (χ4n) is 4.31. The van der Waals surface area contributed by atoms with Gasteiger partial charge in [0.1, 0.15) is 5.76 Å². The zero-order valence-electron chi connectivity index (χ0n) is 12.6. The number of fused-ring (bicyclic) bond motifs is 3. The van der Waals surface area contributed by atoms with Crippen molar-refractivity contribution >= 4 is 11.6 Å². The van der Waals surface area contributed by atoms with Gasteiger partial charge in [0.2, 0.25) is 5.91 Å². The van der Waals surface area contributed by atoms with Gasteiger partial charge in [-0.25, -0.2) is 0 Å². The molecule has 0 saturated carbocycles. The SMILES string of the molecule is COC1=CC2(CCO)c3ccccc3N3C(=O)CCC(=C1)C32. The molecule has 4 nitrogen and oxygen atoms in total.